The molecule has 1 amide bonds. The first-order valence-corrected chi connectivity index (χ1v) is 9.73. The van der Waals surface area contributed by atoms with E-state index in [4.69, 9.17) is 0 Å². The first-order valence-electron chi connectivity index (χ1n) is 9.73. The van der Waals surface area contributed by atoms with Gasteiger partial charge in [0.1, 0.15) is 0 Å². The van der Waals surface area contributed by atoms with Crippen molar-refractivity contribution < 1.29 is 9.90 Å². The third-order valence-electron chi connectivity index (χ3n) is 6.18. The van der Waals surface area contributed by atoms with Crippen LogP contribution in [0.5, 0.6) is 0 Å². The van der Waals surface area contributed by atoms with Crippen molar-refractivity contribution in [3.8, 4) is 0 Å². The number of aliphatic hydroxyl groups excluding tert-OH is 1. The highest BCUT2D eigenvalue weighted by Gasteiger charge is 2.33. The molecule has 5 heteroatoms. The van der Waals surface area contributed by atoms with Gasteiger partial charge >= 0.3 is 0 Å². The lowest BCUT2D eigenvalue weighted by molar-refractivity contribution is -0.120. The second kappa shape index (κ2) is 7.44. The Bertz CT molecular complexity index is 621. The maximum Gasteiger partial charge on any atom is 0.241 e. The van der Waals surface area contributed by atoms with Crippen LogP contribution < -0.4 is 4.90 Å². The third-order valence-corrected chi connectivity index (χ3v) is 6.18. The first kappa shape index (κ1) is 17.0. The number of carbonyl (C=O) groups excluding carboxylic acids is 1. The van der Waals surface area contributed by atoms with Crippen LogP contribution in [0.25, 0.3) is 0 Å². The van der Waals surface area contributed by atoms with E-state index < -0.39 is 0 Å². The van der Waals surface area contributed by atoms with E-state index in [1.165, 1.54) is 24.8 Å². The number of aliphatic hydroxyl groups is 1. The summed E-state index contributed by atoms with van der Waals surface area (Å²) in [5.41, 5.74) is 2.39. The molecule has 0 bridgehead atoms. The number of likely N-dealkylation sites (tertiary alicyclic amines) is 2. The molecule has 1 aromatic rings. The van der Waals surface area contributed by atoms with Gasteiger partial charge in [-0.2, -0.15) is 0 Å². The number of para-hydroxylation sites is 1. The fourth-order valence-electron chi connectivity index (χ4n) is 4.78. The van der Waals surface area contributed by atoms with Gasteiger partial charge in [-0.15, -0.1) is 0 Å². The highest BCUT2D eigenvalue weighted by molar-refractivity contribution is 5.96. The Kier molecular flexibility index (Phi) is 5.06. The summed E-state index contributed by atoms with van der Waals surface area (Å²) in [5.74, 6) is 0.233. The minimum atomic E-state index is 0.233. The van der Waals surface area contributed by atoms with Crippen LogP contribution in [0.4, 0.5) is 5.69 Å². The summed E-state index contributed by atoms with van der Waals surface area (Å²) in [6, 6.07) is 9.04. The molecular weight excluding hydrogens is 314 g/mol. The Morgan fingerprint density at radius 3 is 2.64 bits per heavy atom. The van der Waals surface area contributed by atoms with E-state index in [1.807, 2.05) is 11.0 Å². The molecule has 2 atom stereocenters. The number of nitrogens with zero attached hydrogens (tertiary/aromatic N) is 3. The zero-order valence-electron chi connectivity index (χ0n) is 14.9. The van der Waals surface area contributed by atoms with Crippen LogP contribution in [0.15, 0.2) is 24.3 Å². The second-order valence-electron chi connectivity index (χ2n) is 7.66. The molecule has 0 radical (unpaired) electrons. The van der Waals surface area contributed by atoms with Gasteiger partial charge in [0.15, 0.2) is 0 Å². The van der Waals surface area contributed by atoms with Crippen molar-refractivity contribution in [1.82, 2.24) is 9.80 Å². The second-order valence-corrected chi connectivity index (χ2v) is 7.66. The van der Waals surface area contributed by atoms with Crippen LogP contribution in [0.3, 0.4) is 0 Å². The molecule has 3 heterocycles. The normalized spacial score (nSPS) is 27.2. The summed E-state index contributed by atoms with van der Waals surface area (Å²) in [5, 5.41) is 9.54. The average molecular weight is 343 g/mol. The largest absolute Gasteiger partial charge is 0.395 e. The molecular formula is C20H29N3O2. The number of hydrogen-bond acceptors (Lipinski definition) is 4. The summed E-state index contributed by atoms with van der Waals surface area (Å²) in [6.07, 6.45) is 5.59. The van der Waals surface area contributed by atoms with Crippen molar-refractivity contribution >= 4 is 11.6 Å². The average Bonchev–Trinajstić information content (AvgIpc) is 3.35. The van der Waals surface area contributed by atoms with Crippen molar-refractivity contribution in [1.29, 1.82) is 0 Å². The number of benzene rings is 1. The predicted octanol–water partition coefficient (Wildman–Crippen LogP) is 1.50. The molecule has 0 aromatic heterocycles. The third kappa shape index (κ3) is 3.46. The Morgan fingerprint density at radius 1 is 1.04 bits per heavy atom. The van der Waals surface area contributed by atoms with E-state index in [0.29, 0.717) is 18.6 Å². The number of carbonyl (C=O) groups is 1. The molecule has 3 aliphatic heterocycles. The van der Waals surface area contributed by atoms with Crippen molar-refractivity contribution in [3.63, 3.8) is 0 Å². The van der Waals surface area contributed by atoms with E-state index in [1.54, 1.807) is 0 Å². The first-order chi connectivity index (χ1) is 12.3. The number of anilines is 1. The Hall–Kier alpha value is -1.43. The maximum absolute atomic E-state index is 12.9. The molecule has 1 aromatic carbocycles. The van der Waals surface area contributed by atoms with Gasteiger partial charge in [-0.05, 0) is 56.8 Å². The van der Waals surface area contributed by atoms with Crippen molar-refractivity contribution in [2.75, 3.05) is 44.2 Å². The lowest BCUT2D eigenvalue weighted by Crippen LogP contribution is -2.47. The van der Waals surface area contributed by atoms with Gasteiger partial charge in [-0.1, -0.05) is 18.2 Å². The molecule has 5 nitrogen and oxygen atoms in total. The molecule has 3 aliphatic rings. The molecule has 2 fully saturated rings. The van der Waals surface area contributed by atoms with Crippen molar-refractivity contribution in [2.24, 2.45) is 0 Å². The van der Waals surface area contributed by atoms with Crippen LogP contribution in [0.2, 0.25) is 0 Å². The lowest BCUT2D eigenvalue weighted by Gasteiger charge is -2.31. The SMILES string of the molecule is O=C(CN1CCCC1CN1CCCC1CO)N1CCc2ccccc21. The number of hydrogen-bond donors (Lipinski definition) is 1. The molecule has 1 N–H and O–H groups in total. The zero-order chi connectivity index (χ0) is 17.2. The Labute approximate surface area is 150 Å². The number of rotatable bonds is 5. The summed E-state index contributed by atoms with van der Waals surface area (Å²) in [4.78, 5) is 19.7. The van der Waals surface area contributed by atoms with E-state index in [0.717, 1.165) is 44.7 Å². The molecule has 0 aliphatic carbocycles. The summed E-state index contributed by atoms with van der Waals surface area (Å²) in [6.45, 7) is 4.70. The number of amides is 1. The Morgan fingerprint density at radius 2 is 1.80 bits per heavy atom. The fourth-order valence-corrected chi connectivity index (χ4v) is 4.78. The van der Waals surface area contributed by atoms with Crippen LogP contribution in [-0.2, 0) is 11.2 Å². The Balaban J connectivity index is 1.37. The highest BCUT2D eigenvalue weighted by Crippen LogP contribution is 2.28. The zero-order valence-corrected chi connectivity index (χ0v) is 14.9. The summed E-state index contributed by atoms with van der Waals surface area (Å²) >= 11 is 0. The van der Waals surface area contributed by atoms with E-state index >= 15 is 0 Å². The minimum absolute atomic E-state index is 0.233. The quantitative estimate of drug-likeness (QED) is 0.880. The van der Waals surface area contributed by atoms with Gasteiger partial charge < -0.3 is 10.0 Å². The maximum atomic E-state index is 12.9. The van der Waals surface area contributed by atoms with Crippen LogP contribution >= 0.6 is 0 Å². The fraction of sp³-hybridized carbons (Fsp3) is 0.650. The van der Waals surface area contributed by atoms with Crippen molar-refractivity contribution in [3.05, 3.63) is 29.8 Å². The van der Waals surface area contributed by atoms with Crippen LogP contribution in [0.1, 0.15) is 31.2 Å². The smallest absolute Gasteiger partial charge is 0.241 e. The molecule has 2 saturated heterocycles. The highest BCUT2D eigenvalue weighted by atomic mass is 16.3. The standard InChI is InChI=1S/C20H29N3O2/c24-15-18-7-4-10-21(18)13-17-6-3-11-22(17)14-20(25)23-12-9-16-5-1-2-8-19(16)23/h1-2,5,8,17-18,24H,3-4,6-7,9-15H2. The van der Waals surface area contributed by atoms with E-state index in [2.05, 4.69) is 28.0 Å². The monoisotopic (exact) mass is 343 g/mol. The lowest BCUT2D eigenvalue weighted by atomic mass is 10.1. The van der Waals surface area contributed by atoms with Crippen molar-refractivity contribution in [2.45, 2.75) is 44.2 Å². The topological polar surface area (TPSA) is 47.0 Å². The van der Waals surface area contributed by atoms with Crippen LogP contribution in [-0.4, -0.2) is 72.2 Å². The molecule has 4 rings (SSSR count). The molecule has 2 unspecified atom stereocenters. The van der Waals surface area contributed by atoms with Crippen LogP contribution in [0, 0.1) is 0 Å². The van der Waals surface area contributed by atoms with Gasteiger partial charge in [-0.25, -0.2) is 0 Å². The van der Waals surface area contributed by atoms with E-state index in [-0.39, 0.29) is 12.5 Å². The molecule has 25 heavy (non-hydrogen) atoms. The van der Waals surface area contributed by atoms with Gasteiger partial charge in [0.05, 0.1) is 13.2 Å². The molecule has 136 valence electrons. The summed E-state index contributed by atoms with van der Waals surface area (Å²) in [7, 11) is 0. The van der Waals surface area contributed by atoms with Gasteiger partial charge in [-0.3, -0.25) is 14.6 Å². The summed E-state index contributed by atoms with van der Waals surface area (Å²) < 4.78 is 0. The van der Waals surface area contributed by atoms with Gasteiger partial charge in [0.25, 0.3) is 0 Å². The molecule has 0 spiro atoms. The number of fused-ring (bicyclic) bond motifs is 1. The minimum Gasteiger partial charge on any atom is -0.395 e. The predicted molar refractivity (Wildman–Crippen MR) is 98.8 cm³/mol. The van der Waals surface area contributed by atoms with Gasteiger partial charge in [0.2, 0.25) is 5.91 Å². The van der Waals surface area contributed by atoms with E-state index in [9.17, 15) is 9.90 Å². The van der Waals surface area contributed by atoms with Gasteiger partial charge in [0, 0.05) is 30.9 Å². The molecule has 0 saturated carbocycles.